The Kier molecular flexibility index (Phi) is 3.50. The molecule has 0 saturated carbocycles. The van der Waals surface area contributed by atoms with Gasteiger partial charge < -0.3 is 4.90 Å². The van der Waals surface area contributed by atoms with E-state index in [1.807, 2.05) is 17.5 Å². The molecule has 4 heteroatoms. The summed E-state index contributed by atoms with van der Waals surface area (Å²) in [5.41, 5.74) is 0.955. The molecule has 1 aromatic carbocycles. The summed E-state index contributed by atoms with van der Waals surface area (Å²) in [5, 5.41) is 3.37. The van der Waals surface area contributed by atoms with Gasteiger partial charge in [-0.25, -0.2) is 0 Å². The van der Waals surface area contributed by atoms with Crippen LogP contribution in [-0.4, -0.2) is 13.1 Å². The maximum Gasteiger partial charge on any atom is 0.211 e. The minimum atomic E-state index is 0.116. The number of anilines is 1. The summed E-state index contributed by atoms with van der Waals surface area (Å²) in [6.07, 6.45) is 2.42. The quantitative estimate of drug-likeness (QED) is 0.787. The van der Waals surface area contributed by atoms with Crippen LogP contribution in [0.1, 0.15) is 19.8 Å². The first kappa shape index (κ1) is 12.9. The van der Waals surface area contributed by atoms with Crippen molar-refractivity contribution in [3.8, 4) is 0 Å². The van der Waals surface area contributed by atoms with Crippen molar-refractivity contribution in [1.29, 1.82) is 0 Å². The number of hydrogen-bond acceptors (Lipinski definition) is 3. The largest absolute Gasteiger partial charge is 0.367 e. The lowest BCUT2D eigenvalue weighted by atomic mass is 10.00. The summed E-state index contributed by atoms with van der Waals surface area (Å²) in [6.45, 7) is 4.21. The molecule has 0 bridgehead atoms. The van der Waals surface area contributed by atoms with E-state index in [-0.39, 0.29) is 5.43 Å². The molecule has 0 radical (unpaired) electrons. The van der Waals surface area contributed by atoms with Gasteiger partial charge in [0.1, 0.15) is 0 Å². The molecule has 0 spiro atoms. The van der Waals surface area contributed by atoms with E-state index in [4.69, 9.17) is 11.6 Å². The second-order valence-electron chi connectivity index (χ2n) is 5.28. The number of piperidine rings is 1. The fourth-order valence-corrected chi connectivity index (χ4v) is 3.81. The zero-order valence-corrected chi connectivity index (χ0v) is 12.4. The SMILES string of the molecule is C[C@H]1CCCN(c2csc3ccc(Cl)cc3c2=O)C1. The van der Waals surface area contributed by atoms with Gasteiger partial charge in [0.05, 0.1) is 5.69 Å². The zero-order valence-electron chi connectivity index (χ0n) is 10.9. The summed E-state index contributed by atoms with van der Waals surface area (Å²) in [5.74, 6) is 0.660. The van der Waals surface area contributed by atoms with E-state index >= 15 is 0 Å². The predicted octanol–water partition coefficient (Wildman–Crippen LogP) is 4.15. The average Bonchev–Trinajstić information content (AvgIpc) is 2.40. The van der Waals surface area contributed by atoms with Crippen LogP contribution in [0.3, 0.4) is 0 Å². The average molecular weight is 294 g/mol. The fourth-order valence-electron chi connectivity index (χ4n) is 2.72. The molecule has 1 aliphatic heterocycles. The Labute approximate surface area is 121 Å². The Morgan fingerprint density at radius 1 is 1.42 bits per heavy atom. The van der Waals surface area contributed by atoms with Gasteiger partial charge in [0, 0.05) is 33.6 Å². The Morgan fingerprint density at radius 2 is 2.26 bits per heavy atom. The van der Waals surface area contributed by atoms with Crippen molar-refractivity contribution in [1.82, 2.24) is 0 Å². The van der Waals surface area contributed by atoms with Crippen molar-refractivity contribution in [2.24, 2.45) is 5.92 Å². The molecule has 1 aliphatic rings. The number of benzene rings is 1. The van der Waals surface area contributed by atoms with Crippen molar-refractivity contribution in [3.63, 3.8) is 0 Å². The molecule has 1 atom stereocenters. The standard InChI is InChI=1S/C15H16ClNOS/c1-10-3-2-6-17(8-10)13-9-19-14-5-4-11(16)7-12(14)15(13)18/h4-5,7,9-10H,2-3,6,8H2,1H3/t10-/m0/s1. The molecule has 0 amide bonds. The number of rotatable bonds is 1. The van der Waals surface area contributed by atoms with Crippen LogP contribution in [0.5, 0.6) is 0 Å². The molecule has 0 unspecified atom stereocenters. The molecule has 2 heterocycles. The summed E-state index contributed by atoms with van der Waals surface area (Å²) in [6, 6.07) is 5.54. The second kappa shape index (κ2) is 5.14. The number of hydrogen-bond donors (Lipinski definition) is 0. The lowest BCUT2D eigenvalue weighted by Gasteiger charge is -2.32. The van der Waals surface area contributed by atoms with Crippen molar-refractivity contribution >= 4 is 38.7 Å². The van der Waals surface area contributed by atoms with E-state index in [2.05, 4.69) is 11.8 Å². The van der Waals surface area contributed by atoms with Crippen LogP contribution in [0.25, 0.3) is 10.1 Å². The fraction of sp³-hybridized carbons (Fsp3) is 0.400. The molecule has 100 valence electrons. The molecular formula is C15H16ClNOS. The van der Waals surface area contributed by atoms with Gasteiger partial charge in [-0.05, 0) is 37.0 Å². The number of fused-ring (bicyclic) bond motifs is 1. The van der Waals surface area contributed by atoms with Gasteiger partial charge in [0.25, 0.3) is 0 Å². The maximum atomic E-state index is 12.6. The van der Waals surface area contributed by atoms with Gasteiger partial charge in [-0.1, -0.05) is 18.5 Å². The first-order valence-corrected chi connectivity index (χ1v) is 7.87. The minimum Gasteiger partial charge on any atom is -0.367 e. The van der Waals surface area contributed by atoms with Gasteiger partial charge in [-0.3, -0.25) is 4.79 Å². The van der Waals surface area contributed by atoms with E-state index in [0.717, 1.165) is 28.9 Å². The highest BCUT2D eigenvalue weighted by atomic mass is 35.5. The second-order valence-corrected chi connectivity index (χ2v) is 6.63. The summed E-state index contributed by atoms with van der Waals surface area (Å²) in [7, 11) is 0. The van der Waals surface area contributed by atoms with Gasteiger partial charge in [-0.15, -0.1) is 11.3 Å². The first-order chi connectivity index (χ1) is 9.15. The molecular weight excluding hydrogens is 278 g/mol. The third-order valence-corrected chi connectivity index (χ3v) is 4.90. The smallest absolute Gasteiger partial charge is 0.211 e. The normalized spacial score (nSPS) is 19.9. The Morgan fingerprint density at radius 3 is 3.05 bits per heavy atom. The van der Waals surface area contributed by atoms with Crippen LogP contribution in [-0.2, 0) is 0 Å². The van der Waals surface area contributed by atoms with Gasteiger partial charge in [0.2, 0.25) is 5.43 Å². The van der Waals surface area contributed by atoms with Crippen LogP contribution in [0, 0.1) is 5.92 Å². The number of halogens is 1. The van der Waals surface area contributed by atoms with Gasteiger partial charge in [-0.2, -0.15) is 0 Å². The molecule has 19 heavy (non-hydrogen) atoms. The molecule has 1 fully saturated rings. The van der Waals surface area contributed by atoms with Gasteiger partial charge in [0.15, 0.2) is 0 Å². The molecule has 1 saturated heterocycles. The highest BCUT2D eigenvalue weighted by molar-refractivity contribution is 7.16. The van der Waals surface area contributed by atoms with E-state index in [9.17, 15) is 4.79 Å². The minimum absolute atomic E-state index is 0.116. The highest BCUT2D eigenvalue weighted by Gasteiger charge is 2.19. The molecule has 2 aromatic rings. The third kappa shape index (κ3) is 2.49. The van der Waals surface area contributed by atoms with Crippen molar-refractivity contribution in [2.75, 3.05) is 18.0 Å². The molecule has 2 nitrogen and oxygen atoms in total. The van der Waals surface area contributed by atoms with Crippen LogP contribution in [0.15, 0.2) is 28.4 Å². The van der Waals surface area contributed by atoms with Crippen molar-refractivity contribution in [3.05, 3.63) is 38.8 Å². The molecule has 0 N–H and O–H groups in total. The van der Waals surface area contributed by atoms with E-state index in [1.165, 1.54) is 12.8 Å². The van der Waals surface area contributed by atoms with Crippen LogP contribution < -0.4 is 10.3 Å². The van der Waals surface area contributed by atoms with E-state index in [0.29, 0.717) is 10.9 Å². The van der Waals surface area contributed by atoms with Gasteiger partial charge >= 0.3 is 0 Å². The summed E-state index contributed by atoms with van der Waals surface area (Å²) < 4.78 is 1.00. The number of nitrogens with zero attached hydrogens (tertiary/aromatic N) is 1. The summed E-state index contributed by atoms with van der Waals surface area (Å²) >= 11 is 7.63. The third-order valence-electron chi connectivity index (χ3n) is 3.71. The lowest BCUT2D eigenvalue weighted by Crippen LogP contribution is -2.36. The van der Waals surface area contributed by atoms with Crippen molar-refractivity contribution in [2.45, 2.75) is 19.8 Å². The molecule has 0 aliphatic carbocycles. The molecule has 1 aromatic heterocycles. The van der Waals surface area contributed by atoms with E-state index < -0.39 is 0 Å². The maximum absolute atomic E-state index is 12.6. The monoisotopic (exact) mass is 293 g/mol. The van der Waals surface area contributed by atoms with Crippen LogP contribution in [0.2, 0.25) is 5.02 Å². The topological polar surface area (TPSA) is 20.3 Å². The zero-order chi connectivity index (χ0) is 13.4. The van der Waals surface area contributed by atoms with Crippen LogP contribution >= 0.6 is 22.9 Å². The Hall–Kier alpha value is -1.06. The van der Waals surface area contributed by atoms with E-state index in [1.54, 1.807) is 17.4 Å². The van der Waals surface area contributed by atoms with Crippen molar-refractivity contribution < 1.29 is 0 Å². The molecule has 3 rings (SSSR count). The first-order valence-electron chi connectivity index (χ1n) is 6.61. The predicted molar refractivity (Wildman–Crippen MR) is 83.7 cm³/mol. The lowest BCUT2D eigenvalue weighted by molar-refractivity contribution is 0.446. The Balaban J connectivity index is 2.09. The highest BCUT2D eigenvalue weighted by Crippen LogP contribution is 2.26. The van der Waals surface area contributed by atoms with Crippen LogP contribution in [0.4, 0.5) is 5.69 Å². The summed E-state index contributed by atoms with van der Waals surface area (Å²) in [4.78, 5) is 14.8. The Bertz CT molecular complexity index is 667.